The van der Waals surface area contributed by atoms with E-state index in [2.05, 4.69) is 40.2 Å². The zero-order valence-corrected chi connectivity index (χ0v) is 14.2. The lowest BCUT2D eigenvalue weighted by atomic mass is 10.2. The van der Waals surface area contributed by atoms with Gasteiger partial charge in [0.05, 0.1) is 12.7 Å². The monoisotopic (exact) mass is 353 g/mol. The first-order valence-corrected chi connectivity index (χ1v) is 7.92. The molecule has 1 heterocycles. The SMILES string of the molecule is Cc1c(CNCC(C)C)cnn1Cc1ccc(Br)cc1F. The Kier molecular flexibility index (Phi) is 5.53. The molecule has 21 heavy (non-hydrogen) atoms. The second kappa shape index (κ2) is 7.18. The van der Waals surface area contributed by atoms with Gasteiger partial charge in [-0.2, -0.15) is 5.10 Å². The Bertz CT molecular complexity index is 608. The van der Waals surface area contributed by atoms with Gasteiger partial charge in [-0.15, -0.1) is 0 Å². The van der Waals surface area contributed by atoms with Crippen molar-refractivity contribution in [3.8, 4) is 0 Å². The predicted octanol–water partition coefficient (Wildman–Crippen LogP) is 3.89. The molecule has 3 nitrogen and oxygen atoms in total. The number of rotatable bonds is 6. The maximum atomic E-state index is 13.9. The van der Waals surface area contributed by atoms with Crippen LogP contribution >= 0.6 is 15.9 Å². The molecule has 2 rings (SSSR count). The minimum Gasteiger partial charge on any atom is -0.312 e. The first-order valence-electron chi connectivity index (χ1n) is 7.13. The summed E-state index contributed by atoms with van der Waals surface area (Å²) in [6.45, 7) is 8.61. The zero-order valence-electron chi connectivity index (χ0n) is 12.7. The second-order valence-corrected chi connectivity index (χ2v) is 6.59. The molecule has 0 spiro atoms. The predicted molar refractivity (Wildman–Crippen MR) is 86.7 cm³/mol. The van der Waals surface area contributed by atoms with Gasteiger partial charge in [-0.25, -0.2) is 4.39 Å². The molecular weight excluding hydrogens is 333 g/mol. The van der Waals surface area contributed by atoms with Crippen LogP contribution in [0.25, 0.3) is 0 Å². The van der Waals surface area contributed by atoms with Gasteiger partial charge < -0.3 is 5.32 Å². The molecule has 1 aromatic heterocycles. The van der Waals surface area contributed by atoms with E-state index >= 15 is 0 Å². The Balaban J connectivity index is 2.06. The minimum atomic E-state index is -0.209. The number of aromatic nitrogens is 2. The highest BCUT2D eigenvalue weighted by Crippen LogP contribution is 2.17. The van der Waals surface area contributed by atoms with Crippen LogP contribution in [0, 0.1) is 18.7 Å². The fourth-order valence-corrected chi connectivity index (χ4v) is 2.46. The lowest BCUT2D eigenvalue weighted by Gasteiger charge is -2.09. The van der Waals surface area contributed by atoms with E-state index in [0.717, 1.165) is 28.8 Å². The molecule has 2 aromatic rings. The van der Waals surface area contributed by atoms with E-state index in [1.54, 1.807) is 6.07 Å². The standard InChI is InChI=1S/C16H21BrFN3/c1-11(2)7-19-8-14-9-20-21(12(14)3)10-13-4-5-15(17)6-16(13)18/h4-6,9,11,19H,7-8,10H2,1-3H3. The van der Waals surface area contributed by atoms with Gasteiger partial charge in [0.25, 0.3) is 0 Å². The van der Waals surface area contributed by atoms with E-state index in [-0.39, 0.29) is 5.82 Å². The first kappa shape index (κ1) is 16.2. The summed E-state index contributed by atoms with van der Waals surface area (Å²) < 4.78 is 16.5. The maximum Gasteiger partial charge on any atom is 0.129 e. The molecule has 114 valence electrons. The minimum absolute atomic E-state index is 0.209. The van der Waals surface area contributed by atoms with Crippen LogP contribution < -0.4 is 5.32 Å². The highest BCUT2D eigenvalue weighted by Gasteiger charge is 2.09. The van der Waals surface area contributed by atoms with Gasteiger partial charge in [-0.3, -0.25) is 4.68 Å². The number of nitrogens with one attached hydrogen (secondary N) is 1. The largest absolute Gasteiger partial charge is 0.312 e. The molecule has 0 bridgehead atoms. The summed E-state index contributed by atoms with van der Waals surface area (Å²) in [5.41, 5.74) is 2.88. The van der Waals surface area contributed by atoms with Crippen molar-refractivity contribution >= 4 is 15.9 Å². The molecule has 0 amide bonds. The van der Waals surface area contributed by atoms with Crippen molar-refractivity contribution in [2.75, 3.05) is 6.54 Å². The molecule has 0 unspecified atom stereocenters. The van der Waals surface area contributed by atoms with Crippen molar-refractivity contribution < 1.29 is 4.39 Å². The topological polar surface area (TPSA) is 29.9 Å². The van der Waals surface area contributed by atoms with E-state index < -0.39 is 0 Å². The summed E-state index contributed by atoms with van der Waals surface area (Å²) in [7, 11) is 0. The Morgan fingerprint density at radius 2 is 2.10 bits per heavy atom. The van der Waals surface area contributed by atoms with Crippen molar-refractivity contribution in [2.24, 2.45) is 5.92 Å². The summed E-state index contributed by atoms with van der Waals surface area (Å²) in [6.07, 6.45) is 1.86. The summed E-state index contributed by atoms with van der Waals surface area (Å²) in [6, 6.07) is 5.12. The molecule has 0 radical (unpaired) electrons. The fourth-order valence-electron chi connectivity index (χ4n) is 2.12. The van der Waals surface area contributed by atoms with Crippen molar-refractivity contribution in [3.63, 3.8) is 0 Å². The van der Waals surface area contributed by atoms with Crippen LogP contribution in [0.5, 0.6) is 0 Å². The van der Waals surface area contributed by atoms with Crippen molar-refractivity contribution in [1.29, 1.82) is 0 Å². The molecule has 0 saturated heterocycles. The van der Waals surface area contributed by atoms with Crippen LogP contribution in [-0.2, 0) is 13.1 Å². The highest BCUT2D eigenvalue weighted by atomic mass is 79.9. The van der Waals surface area contributed by atoms with Crippen molar-refractivity contribution in [2.45, 2.75) is 33.9 Å². The Morgan fingerprint density at radius 1 is 1.33 bits per heavy atom. The lowest BCUT2D eigenvalue weighted by molar-refractivity contribution is 0.550. The molecule has 0 atom stereocenters. The average Bonchev–Trinajstić information content (AvgIpc) is 2.74. The van der Waals surface area contributed by atoms with Gasteiger partial charge in [0.15, 0.2) is 0 Å². The second-order valence-electron chi connectivity index (χ2n) is 5.67. The Morgan fingerprint density at radius 3 is 2.76 bits per heavy atom. The number of nitrogens with zero attached hydrogens (tertiary/aromatic N) is 2. The van der Waals surface area contributed by atoms with E-state index in [9.17, 15) is 4.39 Å². The summed E-state index contributed by atoms with van der Waals surface area (Å²) in [4.78, 5) is 0. The fraction of sp³-hybridized carbons (Fsp3) is 0.438. The van der Waals surface area contributed by atoms with E-state index in [1.807, 2.05) is 23.9 Å². The van der Waals surface area contributed by atoms with E-state index in [0.29, 0.717) is 18.0 Å². The third-order valence-corrected chi connectivity index (χ3v) is 3.90. The molecule has 1 N–H and O–H groups in total. The van der Waals surface area contributed by atoms with Gasteiger partial charge in [0.1, 0.15) is 5.82 Å². The lowest BCUT2D eigenvalue weighted by Crippen LogP contribution is -2.19. The van der Waals surface area contributed by atoms with Crippen LogP contribution in [0.3, 0.4) is 0 Å². The average molecular weight is 354 g/mol. The van der Waals surface area contributed by atoms with Crippen LogP contribution in [0.15, 0.2) is 28.9 Å². The van der Waals surface area contributed by atoms with Gasteiger partial charge in [0.2, 0.25) is 0 Å². The van der Waals surface area contributed by atoms with Crippen LogP contribution in [0.2, 0.25) is 0 Å². The maximum absolute atomic E-state index is 13.9. The van der Waals surface area contributed by atoms with Gasteiger partial charge >= 0.3 is 0 Å². The normalized spacial score (nSPS) is 11.3. The molecule has 0 aliphatic rings. The number of halogens is 2. The zero-order chi connectivity index (χ0) is 15.4. The van der Waals surface area contributed by atoms with Gasteiger partial charge in [-0.1, -0.05) is 35.8 Å². The Labute approximate surface area is 133 Å². The van der Waals surface area contributed by atoms with Crippen LogP contribution in [0.1, 0.15) is 30.7 Å². The quantitative estimate of drug-likeness (QED) is 0.853. The molecule has 0 fully saturated rings. The summed E-state index contributed by atoms with van der Waals surface area (Å²) in [5.74, 6) is 0.413. The number of hydrogen-bond donors (Lipinski definition) is 1. The molecule has 0 aliphatic heterocycles. The van der Waals surface area contributed by atoms with Crippen molar-refractivity contribution in [1.82, 2.24) is 15.1 Å². The van der Waals surface area contributed by atoms with Crippen molar-refractivity contribution in [3.05, 3.63) is 51.5 Å². The molecule has 1 aromatic carbocycles. The summed E-state index contributed by atoms with van der Waals surface area (Å²) >= 11 is 3.27. The first-order chi connectivity index (χ1) is 9.97. The van der Waals surface area contributed by atoms with Crippen LogP contribution in [0.4, 0.5) is 4.39 Å². The third kappa shape index (κ3) is 4.38. The highest BCUT2D eigenvalue weighted by molar-refractivity contribution is 9.10. The molecule has 0 aliphatic carbocycles. The molecular formula is C16H21BrFN3. The number of hydrogen-bond acceptors (Lipinski definition) is 2. The Hall–Kier alpha value is -1.20. The summed E-state index contributed by atoms with van der Waals surface area (Å²) in [5, 5.41) is 7.77. The van der Waals surface area contributed by atoms with E-state index in [4.69, 9.17) is 0 Å². The molecule has 5 heteroatoms. The third-order valence-electron chi connectivity index (χ3n) is 3.41. The smallest absolute Gasteiger partial charge is 0.129 e. The van der Waals surface area contributed by atoms with Gasteiger partial charge in [-0.05, 0) is 31.5 Å². The molecule has 0 saturated carbocycles. The van der Waals surface area contributed by atoms with E-state index in [1.165, 1.54) is 6.07 Å². The van der Waals surface area contributed by atoms with Crippen LogP contribution in [-0.4, -0.2) is 16.3 Å². The van der Waals surface area contributed by atoms with Gasteiger partial charge in [0, 0.05) is 27.8 Å². The number of benzene rings is 1.